The van der Waals surface area contributed by atoms with Gasteiger partial charge in [-0.25, -0.2) is 0 Å². The molecule has 1 aliphatic rings. The van der Waals surface area contributed by atoms with E-state index in [2.05, 4.69) is 12.0 Å². The number of hydrogen-bond donors (Lipinski definition) is 0. The Morgan fingerprint density at radius 2 is 1.80 bits per heavy atom. The number of rotatable bonds is 2. The van der Waals surface area contributed by atoms with Gasteiger partial charge < -0.3 is 9.31 Å². The summed E-state index contributed by atoms with van der Waals surface area (Å²) in [5, 5.41) is 9.26. The Kier molecular flexibility index (Phi) is 3.65. The summed E-state index contributed by atoms with van der Waals surface area (Å²) in [7, 11) is -0.535. The first kappa shape index (κ1) is 14.7. The highest BCUT2D eigenvalue weighted by Crippen LogP contribution is 2.36. The average molecular weight is 267 g/mol. The maximum absolute atomic E-state index is 9.26. The second kappa shape index (κ2) is 4.98. The minimum Gasteiger partial charge on any atom is -0.399 e. The second-order valence-corrected chi connectivity index (χ2v) is 6.00. The molecule has 1 aliphatic heterocycles. The SMILES string of the molecule is C#CCc1ccc(C#N)c(B2OC(C)(C)C(C)(C)O2)c1. The molecule has 0 unspecified atom stereocenters. The summed E-state index contributed by atoms with van der Waals surface area (Å²) in [6.45, 7) is 7.96. The topological polar surface area (TPSA) is 42.2 Å². The Morgan fingerprint density at radius 3 is 2.30 bits per heavy atom. The van der Waals surface area contributed by atoms with Gasteiger partial charge in [-0.15, -0.1) is 12.3 Å². The summed E-state index contributed by atoms with van der Waals surface area (Å²) in [4.78, 5) is 0. The largest absolute Gasteiger partial charge is 0.496 e. The fourth-order valence-corrected chi connectivity index (χ4v) is 2.11. The van der Waals surface area contributed by atoms with Crippen molar-refractivity contribution >= 4 is 12.6 Å². The minimum absolute atomic E-state index is 0.424. The van der Waals surface area contributed by atoms with Gasteiger partial charge in [0.05, 0.1) is 22.8 Å². The van der Waals surface area contributed by atoms with E-state index < -0.39 is 18.3 Å². The summed E-state index contributed by atoms with van der Waals surface area (Å²) in [6, 6.07) is 7.73. The van der Waals surface area contributed by atoms with Crippen LogP contribution in [0.2, 0.25) is 0 Å². The molecule has 0 amide bonds. The van der Waals surface area contributed by atoms with Crippen molar-refractivity contribution in [3.63, 3.8) is 0 Å². The molecule has 0 saturated carbocycles. The van der Waals surface area contributed by atoms with E-state index in [1.807, 2.05) is 39.8 Å². The van der Waals surface area contributed by atoms with E-state index in [1.165, 1.54) is 0 Å². The van der Waals surface area contributed by atoms with Gasteiger partial charge in [-0.3, -0.25) is 0 Å². The summed E-state index contributed by atoms with van der Waals surface area (Å²) in [5.74, 6) is 2.61. The molecule has 0 N–H and O–H groups in total. The molecule has 1 aromatic rings. The molecular weight excluding hydrogens is 249 g/mol. The van der Waals surface area contributed by atoms with Crippen LogP contribution in [0.4, 0.5) is 0 Å². The summed E-state index contributed by atoms with van der Waals surface area (Å²) < 4.78 is 12.0. The molecule has 20 heavy (non-hydrogen) atoms. The van der Waals surface area contributed by atoms with Crippen LogP contribution in [-0.4, -0.2) is 18.3 Å². The quantitative estimate of drug-likeness (QED) is 0.608. The third-order valence-corrected chi connectivity index (χ3v) is 4.05. The van der Waals surface area contributed by atoms with E-state index in [0.29, 0.717) is 12.0 Å². The maximum Gasteiger partial charge on any atom is 0.496 e. The van der Waals surface area contributed by atoms with Gasteiger partial charge >= 0.3 is 7.12 Å². The Hall–Kier alpha value is -1.75. The Bertz CT molecular complexity index is 592. The molecule has 102 valence electrons. The molecule has 0 bridgehead atoms. The Labute approximate surface area is 121 Å². The molecule has 1 heterocycles. The van der Waals surface area contributed by atoms with Gasteiger partial charge in [0, 0.05) is 11.9 Å². The third kappa shape index (κ3) is 2.45. The van der Waals surface area contributed by atoms with Crippen LogP contribution in [-0.2, 0) is 15.7 Å². The van der Waals surface area contributed by atoms with E-state index in [0.717, 1.165) is 11.0 Å². The van der Waals surface area contributed by atoms with Crippen LogP contribution in [0.1, 0.15) is 38.8 Å². The Balaban J connectivity index is 2.41. The van der Waals surface area contributed by atoms with Crippen LogP contribution in [0.5, 0.6) is 0 Å². The van der Waals surface area contributed by atoms with Crippen molar-refractivity contribution in [1.82, 2.24) is 0 Å². The normalized spacial score (nSPS) is 19.4. The van der Waals surface area contributed by atoms with Crippen LogP contribution in [0.15, 0.2) is 18.2 Å². The van der Waals surface area contributed by atoms with Gasteiger partial charge in [-0.2, -0.15) is 5.26 Å². The highest BCUT2D eigenvalue weighted by atomic mass is 16.7. The summed E-state index contributed by atoms with van der Waals surface area (Å²) in [6.07, 6.45) is 5.87. The molecule has 1 saturated heterocycles. The van der Waals surface area contributed by atoms with Crippen molar-refractivity contribution in [2.45, 2.75) is 45.3 Å². The average Bonchev–Trinajstić information content (AvgIpc) is 2.59. The van der Waals surface area contributed by atoms with Crippen LogP contribution in [0, 0.1) is 23.7 Å². The molecule has 2 rings (SSSR count). The molecule has 1 fully saturated rings. The van der Waals surface area contributed by atoms with Gasteiger partial charge in [-0.1, -0.05) is 12.1 Å². The first-order chi connectivity index (χ1) is 9.30. The zero-order chi connectivity index (χ0) is 15.0. The van der Waals surface area contributed by atoms with E-state index in [-0.39, 0.29) is 0 Å². The molecule has 1 aromatic carbocycles. The first-order valence-corrected chi connectivity index (χ1v) is 6.63. The Morgan fingerprint density at radius 1 is 1.20 bits per heavy atom. The van der Waals surface area contributed by atoms with Crippen LogP contribution >= 0.6 is 0 Å². The van der Waals surface area contributed by atoms with Gasteiger partial charge in [0.15, 0.2) is 0 Å². The fraction of sp³-hybridized carbons (Fsp3) is 0.438. The molecule has 0 spiro atoms. The minimum atomic E-state index is -0.535. The highest BCUT2D eigenvalue weighted by Gasteiger charge is 2.52. The third-order valence-electron chi connectivity index (χ3n) is 4.05. The zero-order valence-corrected chi connectivity index (χ0v) is 12.4. The lowest BCUT2D eigenvalue weighted by atomic mass is 9.75. The summed E-state index contributed by atoms with van der Waals surface area (Å²) >= 11 is 0. The van der Waals surface area contributed by atoms with Crippen molar-refractivity contribution in [3.05, 3.63) is 29.3 Å². The molecule has 0 atom stereocenters. The molecule has 0 aromatic heterocycles. The van der Waals surface area contributed by atoms with E-state index in [9.17, 15) is 5.26 Å². The van der Waals surface area contributed by atoms with E-state index in [4.69, 9.17) is 15.7 Å². The predicted octanol–water partition coefficient (Wildman–Crippen LogP) is 2.03. The standard InChI is InChI=1S/C16H18BNO2/c1-6-7-12-8-9-13(11-18)14(10-12)17-19-15(2,3)16(4,5)20-17/h1,8-10H,7H2,2-5H3. The van der Waals surface area contributed by atoms with Crippen molar-refractivity contribution < 1.29 is 9.31 Å². The van der Waals surface area contributed by atoms with Crippen molar-refractivity contribution in [2.24, 2.45) is 0 Å². The van der Waals surface area contributed by atoms with E-state index in [1.54, 1.807) is 6.07 Å². The van der Waals surface area contributed by atoms with Gasteiger partial charge in [-0.05, 0) is 39.3 Å². The van der Waals surface area contributed by atoms with Crippen LogP contribution in [0.25, 0.3) is 0 Å². The molecule has 3 nitrogen and oxygen atoms in total. The van der Waals surface area contributed by atoms with Gasteiger partial charge in [0.25, 0.3) is 0 Å². The molecule has 4 heteroatoms. The zero-order valence-electron chi connectivity index (χ0n) is 12.4. The number of nitriles is 1. The van der Waals surface area contributed by atoms with E-state index >= 15 is 0 Å². The molecule has 0 aliphatic carbocycles. The van der Waals surface area contributed by atoms with Gasteiger partial charge in [0.1, 0.15) is 0 Å². The maximum atomic E-state index is 9.26. The van der Waals surface area contributed by atoms with Crippen molar-refractivity contribution in [1.29, 1.82) is 5.26 Å². The lowest BCUT2D eigenvalue weighted by molar-refractivity contribution is 0.00578. The summed E-state index contributed by atoms with van der Waals surface area (Å²) in [5.41, 5.74) is 1.44. The van der Waals surface area contributed by atoms with Crippen LogP contribution in [0.3, 0.4) is 0 Å². The fourth-order valence-electron chi connectivity index (χ4n) is 2.11. The second-order valence-electron chi connectivity index (χ2n) is 6.00. The first-order valence-electron chi connectivity index (χ1n) is 6.63. The van der Waals surface area contributed by atoms with Crippen molar-refractivity contribution in [2.75, 3.05) is 0 Å². The number of terminal acetylenes is 1. The van der Waals surface area contributed by atoms with Crippen molar-refractivity contribution in [3.8, 4) is 18.4 Å². The lowest BCUT2D eigenvalue weighted by Gasteiger charge is -2.32. The predicted molar refractivity (Wildman–Crippen MR) is 79.4 cm³/mol. The highest BCUT2D eigenvalue weighted by molar-refractivity contribution is 6.62. The monoisotopic (exact) mass is 267 g/mol. The number of benzene rings is 1. The smallest absolute Gasteiger partial charge is 0.399 e. The number of hydrogen-bond acceptors (Lipinski definition) is 3. The van der Waals surface area contributed by atoms with Crippen LogP contribution < -0.4 is 5.46 Å². The van der Waals surface area contributed by atoms with Gasteiger partial charge in [0.2, 0.25) is 0 Å². The molecule has 0 radical (unpaired) electrons. The molecular formula is C16H18BNO2. The lowest BCUT2D eigenvalue weighted by Crippen LogP contribution is -2.41. The number of nitrogens with zero attached hydrogens (tertiary/aromatic N) is 1.